The van der Waals surface area contributed by atoms with Crippen LogP contribution in [0.1, 0.15) is 33.0 Å². The van der Waals surface area contributed by atoms with Crippen molar-refractivity contribution in [1.82, 2.24) is 9.55 Å². The molecule has 1 aromatic heterocycles. The number of alkyl halides is 1. The van der Waals surface area contributed by atoms with Gasteiger partial charge < -0.3 is 14.0 Å². The standard InChI is InChI=1S/C16H21ClN2O2/c1-11(2)21-13-6-4-5-12-15(13)18-14(9-17)19(12)16(3)7-8-20-10-16/h4-6,11H,7-10H2,1-3H3. The molecule has 0 saturated carbocycles. The van der Waals surface area contributed by atoms with Gasteiger partial charge in [-0.2, -0.15) is 0 Å². The zero-order chi connectivity index (χ0) is 15.0. The summed E-state index contributed by atoms with van der Waals surface area (Å²) >= 11 is 6.14. The molecule has 21 heavy (non-hydrogen) atoms. The van der Waals surface area contributed by atoms with Crippen LogP contribution in [0.4, 0.5) is 0 Å². The van der Waals surface area contributed by atoms with Crippen molar-refractivity contribution in [3.05, 3.63) is 24.0 Å². The molecule has 0 bridgehead atoms. The van der Waals surface area contributed by atoms with Crippen molar-refractivity contribution >= 4 is 22.6 Å². The lowest BCUT2D eigenvalue weighted by Gasteiger charge is -2.26. The maximum Gasteiger partial charge on any atom is 0.147 e. The van der Waals surface area contributed by atoms with E-state index >= 15 is 0 Å². The number of para-hydroxylation sites is 1. The number of rotatable bonds is 4. The Labute approximate surface area is 130 Å². The van der Waals surface area contributed by atoms with E-state index in [1.165, 1.54) is 0 Å². The van der Waals surface area contributed by atoms with E-state index in [0.717, 1.165) is 35.6 Å². The van der Waals surface area contributed by atoms with Crippen LogP contribution < -0.4 is 4.74 Å². The molecular weight excluding hydrogens is 288 g/mol. The molecule has 0 amide bonds. The summed E-state index contributed by atoms with van der Waals surface area (Å²) in [6.07, 6.45) is 1.09. The highest BCUT2D eigenvalue weighted by Gasteiger charge is 2.35. The van der Waals surface area contributed by atoms with Crippen LogP contribution in [-0.4, -0.2) is 28.9 Å². The lowest BCUT2D eigenvalue weighted by atomic mass is 10.0. The zero-order valence-corrected chi connectivity index (χ0v) is 13.5. The number of ether oxygens (including phenoxy) is 2. The minimum atomic E-state index is -0.0879. The van der Waals surface area contributed by atoms with Crippen LogP contribution in [0.25, 0.3) is 11.0 Å². The van der Waals surface area contributed by atoms with Gasteiger partial charge in [0.2, 0.25) is 0 Å². The summed E-state index contributed by atoms with van der Waals surface area (Å²) in [4.78, 5) is 4.72. The van der Waals surface area contributed by atoms with E-state index in [0.29, 0.717) is 12.5 Å². The van der Waals surface area contributed by atoms with E-state index in [9.17, 15) is 0 Å². The normalized spacial score (nSPS) is 22.3. The molecule has 114 valence electrons. The number of aromatic nitrogens is 2. The number of hydrogen-bond donors (Lipinski definition) is 0. The average molecular weight is 309 g/mol. The summed E-state index contributed by atoms with van der Waals surface area (Å²) in [6, 6.07) is 6.05. The first-order valence-corrected chi connectivity index (χ1v) is 7.90. The van der Waals surface area contributed by atoms with Gasteiger partial charge >= 0.3 is 0 Å². The first-order chi connectivity index (χ1) is 10.0. The quantitative estimate of drug-likeness (QED) is 0.808. The summed E-state index contributed by atoms with van der Waals surface area (Å²) in [5.74, 6) is 2.07. The molecule has 2 heterocycles. The van der Waals surface area contributed by atoms with E-state index in [-0.39, 0.29) is 11.6 Å². The molecule has 1 fully saturated rings. The predicted molar refractivity (Wildman–Crippen MR) is 84.1 cm³/mol. The van der Waals surface area contributed by atoms with Crippen molar-refractivity contribution in [1.29, 1.82) is 0 Å². The summed E-state index contributed by atoms with van der Waals surface area (Å²) in [5.41, 5.74) is 1.86. The lowest BCUT2D eigenvalue weighted by molar-refractivity contribution is 0.162. The maximum absolute atomic E-state index is 6.14. The Kier molecular flexibility index (Phi) is 3.84. The van der Waals surface area contributed by atoms with Crippen LogP contribution in [0.2, 0.25) is 0 Å². The number of fused-ring (bicyclic) bond motifs is 1. The topological polar surface area (TPSA) is 36.3 Å². The Morgan fingerprint density at radius 1 is 1.48 bits per heavy atom. The maximum atomic E-state index is 6.14. The predicted octanol–water partition coefficient (Wildman–Crippen LogP) is 3.70. The SMILES string of the molecule is CC(C)Oc1cccc2c1nc(CCl)n2C1(C)CCOC1. The second kappa shape index (κ2) is 5.50. The van der Waals surface area contributed by atoms with E-state index in [1.54, 1.807) is 0 Å². The molecular formula is C16H21ClN2O2. The Morgan fingerprint density at radius 3 is 2.90 bits per heavy atom. The van der Waals surface area contributed by atoms with Crippen molar-refractivity contribution in [3.8, 4) is 5.75 Å². The fourth-order valence-corrected chi connectivity index (χ4v) is 3.17. The molecule has 1 atom stereocenters. The molecule has 5 heteroatoms. The first kappa shape index (κ1) is 14.7. The largest absolute Gasteiger partial charge is 0.489 e. The average Bonchev–Trinajstić information content (AvgIpc) is 3.03. The van der Waals surface area contributed by atoms with Gasteiger partial charge in [0.05, 0.1) is 29.6 Å². The lowest BCUT2D eigenvalue weighted by Crippen LogP contribution is -2.31. The molecule has 1 saturated heterocycles. The second-order valence-electron chi connectivity index (χ2n) is 6.09. The van der Waals surface area contributed by atoms with E-state index < -0.39 is 0 Å². The van der Waals surface area contributed by atoms with E-state index in [2.05, 4.69) is 17.6 Å². The van der Waals surface area contributed by atoms with Gasteiger partial charge in [0.1, 0.15) is 17.1 Å². The molecule has 2 aromatic rings. The highest BCUT2D eigenvalue weighted by Crippen LogP contribution is 2.35. The molecule has 3 rings (SSSR count). The number of nitrogens with zero attached hydrogens (tertiary/aromatic N) is 2. The Morgan fingerprint density at radius 2 is 2.29 bits per heavy atom. The van der Waals surface area contributed by atoms with Crippen LogP contribution in [-0.2, 0) is 16.2 Å². The summed E-state index contributed by atoms with van der Waals surface area (Å²) < 4.78 is 13.7. The fraction of sp³-hybridized carbons (Fsp3) is 0.562. The minimum Gasteiger partial charge on any atom is -0.489 e. The third kappa shape index (κ3) is 2.51. The molecule has 1 unspecified atom stereocenters. The van der Waals surface area contributed by atoms with Gasteiger partial charge in [-0.25, -0.2) is 4.98 Å². The zero-order valence-electron chi connectivity index (χ0n) is 12.7. The van der Waals surface area contributed by atoms with Crippen molar-refractivity contribution in [2.75, 3.05) is 13.2 Å². The number of hydrogen-bond acceptors (Lipinski definition) is 3. The van der Waals surface area contributed by atoms with Gasteiger partial charge in [-0.1, -0.05) is 6.07 Å². The van der Waals surface area contributed by atoms with Crippen molar-refractivity contribution < 1.29 is 9.47 Å². The molecule has 0 spiro atoms. The molecule has 1 aliphatic heterocycles. The number of halogens is 1. The first-order valence-electron chi connectivity index (χ1n) is 7.36. The fourth-order valence-electron chi connectivity index (χ4n) is 3.00. The minimum absolute atomic E-state index is 0.0879. The third-order valence-electron chi connectivity index (χ3n) is 3.94. The molecule has 1 aliphatic rings. The van der Waals surface area contributed by atoms with Crippen molar-refractivity contribution in [2.24, 2.45) is 0 Å². The highest BCUT2D eigenvalue weighted by atomic mass is 35.5. The van der Waals surface area contributed by atoms with E-state index in [4.69, 9.17) is 26.1 Å². The van der Waals surface area contributed by atoms with E-state index in [1.807, 2.05) is 26.0 Å². The van der Waals surface area contributed by atoms with Crippen molar-refractivity contribution in [2.45, 2.75) is 44.7 Å². The summed E-state index contributed by atoms with van der Waals surface area (Å²) in [5, 5.41) is 0. The van der Waals surface area contributed by atoms with Crippen LogP contribution >= 0.6 is 11.6 Å². The molecule has 1 aromatic carbocycles. The second-order valence-corrected chi connectivity index (χ2v) is 6.35. The molecule has 0 aliphatic carbocycles. The van der Waals surface area contributed by atoms with Crippen LogP contribution in [0, 0.1) is 0 Å². The number of imidazole rings is 1. The third-order valence-corrected chi connectivity index (χ3v) is 4.18. The van der Waals surface area contributed by atoms with Gasteiger partial charge in [0, 0.05) is 6.61 Å². The van der Waals surface area contributed by atoms with Gasteiger partial charge in [0.15, 0.2) is 0 Å². The smallest absolute Gasteiger partial charge is 0.147 e. The van der Waals surface area contributed by atoms with Gasteiger partial charge in [-0.05, 0) is 39.3 Å². The van der Waals surface area contributed by atoms with Gasteiger partial charge in [-0.15, -0.1) is 11.6 Å². The monoisotopic (exact) mass is 308 g/mol. The summed E-state index contributed by atoms with van der Waals surface area (Å²) in [7, 11) is 0. The molecule has 4 nitrogen and oxygen atoms in total. The van der Waals surface area contributed by atoms with Crippen LogP contribution in [0.5, 0.6) is 5.75 Å². The van der Waals surface area contributed by atoms with Gasteiger partial charge in [0.25, 0.3) is 0 Å². The van der Waals surface area contributed by atoms with Crippen LogP contribution in [0.15, 0.2) is 18.2 Å². The Hall–Kier alpha value is -1.26. The van der Waals surface area contributed by atoms with Gasteiger partial charge in [-0.3, -0.25) is 0 Å². The summed E-state index contributed by atoms with van der Waals surface area (Å²) in [6.45, 7) is 7.71. The highest BCUT2D eigenvalue weighted by molar-refractivity contribution is 6.16. The van der Waals surface area contributed by atoms with Crippen LogP contribution in [0.3, 0.4) is 0 Å². The Balaban J connectivity index is 2.19. The number of benzene rings is 1. The van der Waals surface area contributed by atoms with Crippen molar-refractivity contribution in [3.63, 3.8) is 0 Å². The molecule has 0 N–H and O–H groups in total. The Bertz CT molecular complexity index is 645. The molecule has 0 radical (unpaired) electrons.